The first-order valence-corrected chi connectivity index (χ1v) is 7.79. The molecule has 0 unspecified atom stereocenters. The molecule has 0 bridgehead atoms. The minimum absolute atomic E-state index is 0.0937. The highest BCUT2D eigenvalue weighted by Gasteiger charge is 2.09. The van der Waals surface area contributed by atoms with E-state index < -0.39 is 0 Å². The Bertz CT molecular complexity index is 764. The molecule has 0 aliphatic carbocycles. The van der Waals surface area contributed by atoms with E-state index in [0.717, 1.165) is 5.75 Å². The number of benzene rings is 2. The predicted molar refractivity (Wildman–Crippen MR) is 94.0 cm³/mol. The van der Waals surface area contributed by atoms with Crippen molar-refractivity contribution in [1.82, 2.24) is 0 Å². The number of carbonyl (C=O) groups is 1. The van der Waals surface area contributed by atoms with Crippen LogP contribution in [0.3, 0.4) is 0 Å². The summed E-state index contributed by atoms with van der Waals surface area (Å²) in [6, 6.07) is 13.9. The summed E-state index contributed by atoms with van der Waals surface area (Å²) in [7, 11) is 1.48. The fourth-order valence-corrected chi connectivity index (χ4v) is 2.09. The lowest BCUT2D eigenvalue weighted by Gasteiger charge is -2.12. The Morgan fingerprint density at radius 3 is 2.48 bits per heavy atom. The van der Waals surface area contributed by atoms with Crippen LogP contribution in [0.2, 0.25) is 0 Å². The molecule has 6 nitrogen and oxygen atoms in total. The van der Waals surface area contributed by atoms with Crippen molar-refractivity contribution in [2.45, 2.75) is 20.0 Å². The SMILES string of the molecule is COc1cc(C#N)ccc1OCC(=O)Nc1ccc(OC(C)C)cc1. The lowest BCUT2D eigenvalue weighted by Crippen LogP contribution is -2.20. The third-order valence-corrected chi connectivity index (χ3v) is 3.16. The third-order valence-electron chi connectivity index (χ3n) is 3.16. The Morgan fingerprint density at radius 1 is 1.16 bits per heavy atom. The maximum atomic E-state index is 12.0. The van der Waals surface area contributed by atoms with E-state index in [4.69, 9.17) is 19.5 Å². The lowest BCUT2D eigenvalue weighted by atomic mass is 10.2. The Labute approximate surface area is 146 Å². The highest BCUT2D eigenvalue weighted by atomic mass is 16.5. The molecule has 0 heterocycles. The van der Waals surface area contributed by atoms with Crippen molar-refractivity contribution in [2.75, 3.05) is 19.0 Å². The summed E-state index contributed by atoms with van der Waals surface area (Å²) in [5.74, 6) is 1.25. The van der Waals surface area contributed by atoms with Crippen LogP contribution in [0.4, 0.5) is 5.69 Å². The van der Waals surface area contributed by atoms with E-state index in [1.165, 1.54) is 7.11 Å². The molecular weight excluding hydrogens is 320 g/mol. The fourth-order valence-electron chi connectivity index (χ4n) is 2.09. The highest BCUT2D eigenvalue weighted by molar-refractivity contribution is 5.91. The van der Waals surface area contributed by atoms with Crippen molar-refractivity contribution in [3.05, 3.63) is 48.0 Å². The zero-order chi connectivity index (χ0) is 18.2. The summed E-state index contributed by atoms with van der Waals surface area (Å²) < 4.78 is 16.2. The van der Waals surface area contributed by atoms with E-state index >= 15 is 0 Å². The smallest absolute Gasteiger partial charge is 0.262 e. The van der Waals surface area contributed by atoms with E-state index in [0.29, 0.717) is 22.7 Å². The van der Waals surface area contributed by atoms with E-state index in [1.54, 1.807) is 42.5 Å². The Morgan fingerprint density at radius 2 is 1.88 bits per heavy atom. The standard InChI is InChI=1S/C19H20N2O4/c1-13(2)25-16-7-5-15(6-8-16)21-19(22)12-24-17-9-4-14(11-20)10-18(17)23-3/h4-10,13H,12H2,1-3H3,(H,21,22). The second-order valence-corrected chi connectivity index (χ2v) is 5.51. The molecule has 25 heavy (non-hydrogen) atoms. The van der Waals surface area contributed by atoms with Gasteiger partial charge in [0.25, 0.3) is 5.91 Å². The predicted octanol–water partition coefficient (Wildman–Crippen LogP) is 3.37. The lowest BCUT2D eigenvalue weighted by molar-refractivity contribution is -0.118. The summed E-state index contributed by atoms with van der Waals surface area (Å²) in [6.45, 7) is 3.72. The molecule has 2 aromatic carbocycles. The molecule has 0 aromatic heterocycles. The number of ether oxygens (including phenoxy) is 3. The number of carbonyl (C=O) groups excluding carboxylic acids is 1. The van der Waals surface area contributed by atoms with Crippen LogP contribution in [-0.4, -0.2) is 25.7 Å². The fraction of sp³-hybridized carbons (Fsp3) is 0.263. The van der Waals surface area contributed by atoms with Gasteiger partial charge in [-0.05, 0) is 50.2 Å². The molecule has 0 aliphatic rings. The summed E-state index contributed by atoms with van der Waals surface area (Å²) in [5.41, 5.74) is 1.11. The summed E-state index contributed by atoms with van der Waals surface area (Å²) in [6.07, 6.45) is 0.0937. The van der Waals surface area contributed by atoms with Gasteiger partial charge in [-0.15, -0.1) is 0 Å². The van der Waals surface area contributed by atoms with Gasteiger partial charge in [0.15, 0.2) is 18.1 Å². The summed E-state index contributed by atoms with van der Waals surface area (Å²) in [4.78, 5) is 12.0. The van der Waals surface area contributed by atoms with Gasteiger partial charge in [0.05, 0.1) is 24.8 Å². The second-order valence-electron chi connectivity index (χ2n) is 5.51. The van der Waals surface area contributed by atoms with Gasteiger partial charge in [0, 0.05) is 11.8 Å². The van der Waals surface area contributed by atoms with E-state index in [9.17, 15) is 4.79 Å². The van der Waals surface area contributed by atoms with Gasteiger partial charge >= 0.3 is 0 Å². The first-order chi connectivity index (χ1) is 12.0. The maximum absolute atomic E-state index is 12.0. The highest BCUT2D eigenvalue weighted by Crippen LogP contribution is 2.27. The van der Waals surface area contributed by atoms with Crippen molar-refractivity contribution in [3.63, 3.8) is 0 Å². The van der Waals surface area contributed by atoms with Crippen LogP contribution in [0, 0.1) is 11.3 Å². The first kappa shape index (κ1) is 18.1. The van der Waals surface area contributed by atoms with Crippen LogP contribution >= 0.6 is 0 Å². The zero-order valence-corrected chi connectivity index (χ0v) is 14.4. The minimum Gasteiger partial charge on any atom is -0.493 e. The van der Waals surface area contributed by atoms with Gasteiger partial charge in [-0.25, -0.2) is 0 Å². The van der Waals surface area contributed by atoms with Crippen LogP contribution in [0.25, 0.3) is 0 Å². The molecular formula is C19H20N2O4. The molecule has 1 amide bonds. The average molecular weight is 340 g/mol. The number of hydrogen-bond acceptors (Lipinski definition) is 5. The third kappa shape index (κ3) is 5.43. The number of nitrogens with zero attached hydrogens (tertiary/aromatic N) is 1. The van der Waals surface area contributed by atoms with E-state index in [1.807, 2.05) is 19.9 Å². The molecule has 2 rings (SSSR count). The van der Waals surface area contributed by atoms with Crippen LogP contribution in [-0.2, 0) is 4.79 Å². The molecule has 0 saturated carbocycles. The number of rotatable bonds is 7. The quantitative estimate of drug-likeness (QED) is 0.836. The van der Waals surface area contributed by atoms with Crippen LogP contribution < -0.4 is 19.5 Å². The number of nitrogens with one attached hydrogen (secondary N) is 1. The largest absolute Gasteiger partial charge is 0.493 e. The van der Waals surface area contributed by atoms with E-state index in [-0.39, 0.29) is 18.6 Å². The topological polar surface area (TPSA) is 80.6 Å². The normalized spacial score (nSPS) is 10.0. The molecule has 0 radical (unpaired) electrons. The molecule has 6 heteroatoms. The number of amides is 1. The van der Waals surface area contributed by atoms with Crippen molar-refractivity contribution in [3.8, 4) is 23.3 Å². The molecule has 1 N–H and O–H groups in total. The number of anilines is 1. The molecule has 0 spiro atoms. The van der Waals surface area contributed by atoms with Crippen molar-refractivity contribution >= 4 is 11.6 Å². The van der Waals surface area contributed by atoms with Gasteiger partial charge in [0.2, 0.25) is 0 Å². The number of nitriles is 1. The molecule has 2 aromatic rings. The monoisotopic (exact) mass is 340 g/mol. The molecule has 0 atom stereocenters. The van der Waals surface area contributed by atoms with Gasteiger partial charge in [0.1, 0.15) is 5.75 Å². The van der Waals surface area contributed by atoms with Gasteiger partial charge in [-0.1, -0.05) is 0 Å². The summed E-state index contributed by atoms with van der Waals surface area (Å²) in [5, 5.41) is 11.6. The molecule has 130 valence electrons. The Kier molecular flexibility index (Phi) is 6.24. The zero-order valence-electron chi connectivity index (χ0n) is 14.4. The van der Waals surface area contributed by atoms with Crippen LogP contribution in [0.15, 0.2) is 42.5 Å². The molecule has 0 aliphatic heterocycles. The molecule has 0 saturated heterocycles. The average Bonchev–Trinajstić information content (AvgIpc) is 2.61. The van der Waals surface area contributed by atoms with Gasteiger partial charge in [-0.2, -0.15) is 5.26 Å². The molecule has 0 fully saturated rings. The summed E-state index contributed by atoms with van der Waals surface area (Å²) >= 11 is 0. The Hall–Kier alpha value is -3.20. The Balaban J connectivity index is 1.91. The second kappa shape index (κ2) is 8.60. The van der Waals surface area contributed by atoms with Crippen molar-refractivity contribution in [1.29, 1.82) is 5.26 Å². The van der Waals surface area contributed by atoms with Gasteiger partial charge in [-0.3, -0.25) is 4.79 Å². The van der Waals surface area contributed by atoms with E-state index in [2.05, 4.69) is 5.32 Å². The van der Waals surface area contributed by atoms with Gasteiger partial charge < -0.3 is 19.5 Å². The van der Waals surface area contributed by atoms with Crippen LogP contribution in [0.5, 0.6) is 17.2 Å². The maximum Gasteiger partial charge on any atom is 0.262 e. The number of methoxy groups -OCH3 is 1. The number of hydrogen-bond donors (Lipinski definition) is 1. The van der Waals surface area contributed by atoms with Crippen LogP contribution in [0.1, 0.15) is 19.4 Å². The first-order valence-electron chi connectivity index (χ1n) is 7.79. The minimum atomic E-state index is -0.302. The van der Waals surface area contributed by atoms with Crippen molar-refractivity contribution in [2.24, 2.45) is 0 Å². The van der Waals surface area contributed by atoms with Crippen molar-refractivity contribution < 1.29 is 19.0 Å².